The first-order chi connectivity index (χ1) is 40.3. The number of nitrogens with zero attached hydrogens (tertiary/aromatic N) is 1. The molecule has 0 N–H and O–H groups in total. The lowest BCUT2D eigenvalue weighted by atomic mass is 9.70. The number of fused-ring (bicyclic) bond motifs is 12. The van der Waals surface area contributed by atoms with Gasteiger partial charge in [-0.05, 0) is 176 Å². The van der Waals surface area contributed by atoms with Crippen molar-refractivity contribution < 1.29 is 4.42 Å². The second-order valence-electron chi connectivity index (χ2n) is 24.3. The summed E-state index contributed by atoms with van der Waals surface area (Å²) in [5.74, 6) is 0. The summed E-state index contributed by atoms with van der Waals surface area (Å²) < 4.78 is 6.73. The van der Waals surface area contributed by atoms with Crippen molar-refractivity contribution >= 4 is 71.3 Å². The Morgan fingerprint density at radius 3 is 1.28 bits per heavy atom. The highest BCUT2D eigenvalue weighted by molar-refractivity contribution is 6.24. The molecule has 1 heterocycles. The van der Waals surface area contributed by atoms with E-state index in [-0.39, 0.29) is 10.8 Å². The Balaban J connectivity index is 0.952. The third-order valence-corrected chi connectivity index (χ3v) is 19.3. The van der Waals surface area contributed by atoms with Crippen LogP contribution in [0.3, 0.4) is 0 Å². The molecule has 0 spiro atoms. The fourth-order valence-corrected chi connectivity index (χ4v) is 15.4. The summed E-state index contributed by atoms with van der Waals surface area (Å²) in [7, 11) is 0. The molecule has 11 aromatic carbocycles. The van der Waals surface area contributed by atoms with Gasteiger partial charge in [-0.15, -0.1) is 0 Å². The van der Waals surface area contributed by atoms with Gasteiger partial charge < -0.3 is 9.32 Å². The van der Waals surface area contributed by atoms with Gasteiger partial charge in [-0.2, -0.15) is 0 Å². The zero-order valence-electron chi connectivity index (χ0n) is 48.9. The van der Waals surface area contributed by atoms with Crippen molar-refractivity contribution in [2.75, 3.05) is 4.90 Å². The molecule has 2 heteroatoms. The highest BCUT2D eigenvalue weighted by Gasteiger charge is 2.44. The van der Waals surface area contributed by atoms with Gasteiger partial charge in [0, 0.05) is 49.8 Å². The third kappa shape index (κ3) is 8.26. The first kappa shape index (κ1) is 51.9. The second-order valence-corrected chi connectivity index (χ2v) is 24.3. The zero-order chi connectivity index (χ0) is 55.7. The summed E-state index contributed by atoms with van der Waals surface area (Å²) in [6, 6.07) is 77.1. The van der Waals surface area contributed by atoms with Crippen LogP contribution in [0.25, 0.3) is 98.8 Å². The lowest BCUT2D eigenvalue weighted by Crippen LogP contribution is -2.26. The lowest BCUT2D eigenvalue weighted by Gasteiger charge is -2.35. The Kier molecular flexibility index (Phi) is 13.3. The zero-order valence-corrected chi connectivity index (χ0v) is 48.9. The molecule has 2 nitrogen and oxygen atoms in total. The average molecular weight is 1070 g/mol. The van der Waals surface area contributed by atoms with Crippen molar-refractivity contribution in [3.05, 3.63) is 234 Å². The van der Waals surface area contributed by atoms with Crippen molar-refractivity contribution in [3.63, 3.8) is 0 Å². The average Bonchev–Trinajstić information content (AvgIpc) is 3.99. The van der Waals surface area contributed by atoms with Gasteiger partial charge in [0.1, 0.15) is 11.2 Å². The van der Waals surface area contributed by atoms with E-state index in [9.17, 15) is 0 Å². The van der Waals surface area contributed by atoms with E-state index >= 15 is 0 Å². The van der Waals surface area contributed by atoms with Crippen molar-refractivity contribution in [1.82, 2.24) is 0 Å². The molecule has 0 fully saturated rings. The summed E-state index contributed by atoms with van der Waals surface area (Å²) in [4.78, 5) is 2.62. The van der Waals surface area contributed by atoms with Crippen LogP contribution >= 0.6 is 0 Å². The number of unbranched alkanes of at least 4 members (excludes halogenated alkanes) is 4. The molecule has 0 saturated carbocycles. The summed E-state index contributed by atoms with van der Waals surface area (Å²) in [6.45, 7) is 14.0. The maximum Gasteiger partial charge on any atom is 0.143 e. The van der Waals surface area contributed by atoms with Gasteiger partial charge in [-0.1, -0.05) is 242 Å². The topological polar surface area (TPSA) is 16.4 Å². The molecule has 1 aromatic heterocycles. The molecule has 406 valence electrons. The Hall–Kier alpha value is -8.20. The molecule has 2 aliphatic rings. The predicted molar refractivity (Wildman–Crippen MR) is 352 cm³/mol. The smallest absolute Gasteiger partial charge is 0.143 e. The maximum absolute atomic E-state index is 6.73. The Morgan fingerprint density at radius 2 is 0.756 bits per heavy atom. The van der Waals surface area contributed by atoms with Crippen molar-refractivity contribution in [2.45, 2.75) is 129 Å². The molecule has 0 atom stereocenters. The van der Waals surface area contributed by atoms with Crippen molar-refractivity contribution in [2.24, 2.45) is 0 Å². The molecular weight excluding hydrogens is 991 g/mol. The lowest BCUT2D eigenvalue weighted by molar-refractivity contribution is 0.414. The molecule has 14 rings (SSSR count). The third-order valence-electron chi connectivity index (χ3n) is 19.3. The van der Waals surface area contributed by atoms with E-state index in [0.29, 0.717) is 0 Å². The van der Waals surface area contributed by atoms with E-state index in [1.54, 1.807) is 0 Å². The van der Waals surface area contributed by atoms with Crippen LogP contribution in [0.5, 0.6) is 0 Å². The minimum absolute atomic E-state index is 0.0373. The van der Waals surface area contributed by atoms with Crippen molar-refractivity contribution in [3.8, 4) is 44.5 Å². The molecule has 82 heavy (non-hydrogen) atoms. The number of hydrogen-bond donors (Lipinski definition) is 0. The molecule has 0 aliphatic heterocycles. The number of benzene rings is 11. The number of hydrogen-bond acceptors (Lipinski definition) is 2. The first-order valence-electron chi connectivity index (χ1n) is 31.0. The Morgan fingerprint density at radius 1 is 0.341 bits per heavy atom. The quantitative estimate of drug-likeness (QED) is 0.0845. The summed E-state index contributed by atoms with van der Waals surface area (Å²) in [5, 5.41) is 9.64. The van der Waals surface area contributed by atoms with Crippen LogP contribution in [-0.4, -0.2) is 0 Å². The fourth-order valence-electron chi connectivity index (χ4n) is 15.4. The molecule has 12 aromatic rings. The SMILES string of the molecule is CCCCC1(CCCC)c2cc(C)ccc2-c2ccc(N(c3ccc4c(c3)C(CCCC)(CCCC)c3cc(C)ccc3-4)c3ccc4cc(-c5c6ccccc6c(-c6cccc7c6oc6ccccc67)c6ccccc56)ccc4c3)cc21. The Bertz CT molecular complexity index is 4250. The van der Waals surface area contributed by atoms with Crippen LogP contribution in [0.2, 0.25) is 0 Å². The molecule has 2 aliphatic carbocycles. The number of para-hydroxylation sites is 2. The number of furan rings is 1. The predicted octanol–water partition coefficient (Wildman–Crippen LogP) is 23.8. The molecule has 0 unspecified atom stereocenters. The second kappa shape index (κ2) is 21.0. The summed E-state index contributed by atoms with van der Waals surface area (Å²) in [5.41, 5.74) is 24.7. The van der Waals surface area contributed by atoms with Gasteiger partial charge in [-0.25, -0.2) is 0 Å². The van der Waals surface area contributed by atoms with E-state index < -0.39 is 0 Å². The summed E-state index contributed by atoms with van der Waals surface area (Å²) in [6.07, 6.45) is 14.2. The van der Waals surface area contributed by atoms with Crippen molar-refractivity contribution in [1.29, 1.82) is 0 Å². The van der Waals surface area contributed by atoms with E-state index in [1.807, 2.05) is 0 Å². The molecule has 0 saturated heterocycles. The molecule has 0 bridgehead atoms. The Labute approximate surface area is 485 Å². The van der Waals surface area contributed by atoms with Crippen LogP contribution < -0.4 is 4.90 Å². The van der Waals surface area contributed by atoms with Gasteiger partial charge in [0.2, 0.25) is 0 Å². The molecule has 0 amide bonds. The van der Waals surface area contributed by atoms with E-state index in [1.165, 1.54) is 173 Å². The standard InChI is InChI=1S/C80H75NO/c1-7-11-42-79(43-12-8-2)71-46-52(5)30-38-60(71)62-40-36-58(50-73(62)79)81(59-37-41-63-61-39-31-53(6)47-72(61)80(44-13-9-3,45-14-10-4)74(63)51-59)57-35-34-54-48-56(33-32-55(54)49-57)76-65-23-15-17-25-67(65)77(68-26-18-16-24-66(68)76)70-28-21-27-69-64-22-19-20-29-75(64)82-78(69)70/h15-41,46-51H,7-14,42-45H2,1-6H3. The van der Waals surface area contributed by atoms with Crippen LogP contribution in [0.1, 0.15) is 138 Å². The van der Waals surface area contributed by atoms with Gasteiger partial charge in [0.25, 0.3) is 0 Å². The highest BCUT2D eigenvalue weighted by atomic mass is 16.3. The maximum atomic E-state index is 6.73. The van der Waals surface area contributed by atoms with Crippen LogP contribution in [-0.2, 0) is 10.8 Å². The highest BCUT2D eigenvalue weighted by Crippen LogP contribution is 2.59. The normalized spacial score (nSPS) is 13.8. The van der Waals surface area contributed by atoms with Crippen LogP contribution in [0.15, 0.2) is 205 Å². The monoisotopic (exact) mass is 1070 g/mol. The van der Waals surface area contributed by atoms with Gasteiger partial charge in [0.05, 0.1) is 0 Å². The van der Waals surface area contributed by atoms with Gasteiger partial charge in [-0.3, -0.25) is 0 Å². The summed E-state index contributed by atoms with van der Waals surface area (Å²) >= 11 is 0. The van der Waals surface area contributed by atoms with Crippen LogP contribution in [0.4, 0.5) is 17.1 Å². The van der Waals surface area contributed by atoms with E-state index in [0.717, 1.165) is 53.2 Å². The largest absolute Gasteiger partial charge is 0.455 e. The van der Waals surface area contributed by atoms with E-state index in [2.05, 4.69) is 247 Å². The van der Waals surface area contributed by atoms with Gasteiger partial charge >= 0.3 is 0 Å². The number of rotatable bonds is 17. The van der Waals surface area contributed by atoms with Gasteiger partial charge in [0.15, 0.2) is 0 Å². The van der Waals surface area contributed by atoms with Crippen LogP contribution in [0, 0.1) is 13.8 Å². The number of anilines is 3. The van der Waals surface area contributed by atoms with E-state index in [4.69, 9.17) is 4.42 Å². The minimum atomic E-state index is -0.0373. The molecule has 0 radical (unpaired) electrons. The fraction of sp³-hybridized carbons (Fsp3) is 0.250. The number of aryl methyl sites for hydroxylation is 2. The minimum Gasteiger partial charge on any atom is -0.455 e. The molecular formula is C80H75NO. The first-order valence-corrected chi connectivity index (χ1v) is 31.0.